The normalized spacial score (nSPS) is 15.6. The minimum absolute atomic E-state index is 0.173. The van der Waals surface area contributed by atoms with Gasteiger partial charge in [0.2, 0.25) is 5.78 Å². The van der Waals surface area contributed by atoms with Crippen LogP contribution in [0.5, 0.6) is 0 Å². The predicted molar refractivity (Wildman–Crippen MR) is 64.2 cm³/mol. The third kappa shape index (κ3) is 1.80. The molecule has 0 saturated carbocycles. The number of benzene rings is 1. The van der Waals surface area contributed by atoms with Crippen LogP contribution in [-0.2, 0) is 0 Å². The van der Waals surface area contributed by atoms with Crippen LogP contribution in [-0.4, -0.2) is 16.7 Å². The third-order valence-corrected chi connectivity index (χ3v) is 2.75. The number of aliphatic hydroxyl groups excluding tert-OH is 1. The van der Waals surface area contributed by atoms with E-state index in [4.69, 9.17) is 0 Å². The van der Waals surface area contributed by atoms with Crippen LogP contribution < -0.4 is 0 Å². The maximum atomic E-state index is 12.1. The van der Waals surface area contributed by atoms with Gasteiger partial charge in [-0.25, -0.2) is 0 Å². The van der Waals surface area contributed by atoms with Crippen LogP contribution in [0, 0.1) is 0 Å². The van der Waals surface area contributed by atoms with Crippen molar-refractivity contribution in [3.8, 4) is 0 Å². The Morgan fingerprint density at radius 3 is 2.29 bits per heavy atom. The van der Waals surface area contributed by atoms with Gasteiger partial charge in [0, 0.05) is 16.7 Å². The predicted octanol–water partition coefficient (Wildman–Crippen LogP) is 2.84. The highest BCUT2D eigenvalue weighted by atomic mass is 16.3. The van der Waals surface area contributed by atoms with Gasteiger partial charge in [-0.05, 0) is 13.3 Å². The highest BCUT2D eigenvalue weighted by molar-refractivity contribution is 6.26. The lowest BCUT2D eigenvalue weighted by molar-refractivity contribution is 0.0927. The molecule has 0 bridgehead atoms. The van der Waals surface area contributed by atoms with Crippen LogP contribution in [0.2, 0.25) is 0 Å². The number of fused-ring (bicyclic) bond motifs is 1. The molecular weight excluding hydrogens is 216 g/mol. The number of aliphatic hydroxyl groups is 1. The Labute approximate surface area is 99.1 Å². The second kappa shape index (κ2) is 4.37. The molecule has 17 heavy (non-hydrogen) atoms. The molecule has 1 N–H and O–H groups in total. The van der Waals surface area contributed by atoms with Gasteiger partial charge in [-0.1, -0.05) is 36.4 Å². The van der Waals surface area contributed by atoms with Crippen LogP contribution in [0.3, 0.4) is 0 Å². The highest BCUT2D eigenvalue weighted by Crippen LogP contribution is 2.26. The monoisotopic (exact) mass is 228 g/mol. The minimum Gasteiger partial charge on any atom is -0.504 e. The van der Waals surface area contributed by atoms with Crippen molar-refractivity contribution in [1.82, 2.24) is 0 Å². The number of carbonyl (C=O) groups excluding carboxylic acids is 2. The molecule has 0 radical (unpaired) electrons. The summed E-state index contributed by atoms with van der Waals surface area (Å²) in [6.45, 7) is 1.82. The van der Waals surface area contributed by atoms with E-state index in [2.05, 4.69) is 0 Å². The number of carbonyl (C=O) groups is 2. The molecule has 0 unspecified atom stereocenters. The van der Waals surface area contributed by atoms with Crippen molar-refractivity contribution in [3.63, 3.8) is 0 Å². The van der Waals surface area contributed by atoms with Crippen molar-refractivity contribution in [1.29, 1.82) is 0 Å². The van der Waals surface area contributed by atoms with Crippen molar-refractivity contribution in [2.75, 3.05) is 0 Å². The quantitative estimate of drug-likeness (QED) is 0.792. The van der Waals surface area contributed by atoms with Gasteiger partial charge in [0.25, 0.3) is 0 Å². The number of hydrogen-bond acceptors (Lipinski definition) is 3. The molecule has 0 spiro atoms. The van der Waals surface area contributed by atoms with E-state index in [1.165, 1.54) is 0 Å². The topological polar surface area (TPSA) is 54.4 Å². The Morgan fingerprint density at radius 2 is 1.71 bits per heavy atom. The molecule has 3 nitrogen and oxygen atoms in total. The molecule has 0 aromatic heterocycles. The van der Waals surface area contributed by atoms with Crippen LogP contribution >= 0.6 is 0 Å². The molecule has 1 aromatic rings. The lowest BCUT2D eigenvalue weighted by atomic mass is 9.87. The molecule has 3 heteroatoms. The molecule has 0 heterocycles. The summed E-state index contributed by atoms with van der Waals surface area (Å²) in [7, 11) is 0. The first-order chi connectivity index (χ1) is 8.16. The molecule has 1 aromatic carbocycles. The van der Waals surface area contributed by atoms with Crippen LogP contribution in [0.15, 0.2) is 47.7 Å². The Kier molecular flexibility index (Phi) is 2.91. The summed E-state index contributed by atoms with van der Waals surface area (Å²) in [4.78, 5) is 23.9. The van der Waals surface area contributed by atoms with E-state index in [9.17, 15) is 14.7 Å². The minimum atomic E-state index is -0.472. The average Bonchev–Trinajstić information content (AvgIpc) is 2.36. The zero-order valence-electron chi connectivity index (χ0n) is 9.43. The van der Waals surface area contributed by atoms with Crippen molar-refractivity contribution in [2.45, 2.75) is 13.3 Å². The molecular formula is C14H12O3. The van der Waals surface area contributed by atoms with E-state index < -0.39 is 11.5 Å². The fraction of sp³-hybridized carbons (Fsp3) is 0.143. The maximum Gasteiger partial charge on any atom is 0.228 e. The second-order valence-corrected chi connectivity index (χ2v) is 3.80. The summed E-state index contributed by atoms with van der Waals surface area (Å²) in [6, 6.07) is 6.55. The first kappa shape index (κ1) is 11.3. The Hall–Kier alpha value is -2.16. The maximum absolute atomic E-state index is 12.1. The largest absolute Gasteiger partial charge is 0.504 e. The third-order valence-electron chi connectivity index (χ3n) is 2.75. The van der Waals surface area contributed by atoms with Crippen LogP contribution in [0.4, 0.5) is 0 Å². The first-order valence-corrected chi connectivity index (χ1v) is 5.38. The van der Waals surface area contributed by atoms with Gasteiger partial charge in [-0.3, -0.25) is 9.59 Å². The summed E-state index contributed by atoms with van der Waals surface area (Å²) in [5, 5.41) is 9.76. The van der Waals surface area contributed by atoms with Gasteiger partial charge >= 0.3 is 0 Å². The molecule has 86 valence electrons. The molecule has 2 rings (SSSR count). The second-order valence-electron chi connectivity index (χ2n) is 3.80. The van der Waals surface area contributed by atoms with E-state index in [0.717, 1.165) is 0 Å². The Bertz CT molecular complexity index is 550. The molecule has 0 saturated heterocycles. The summed E-state index contributed by atoms with van der Waals surface area (Å²) >= 11 is 0. The van der Waals surface area contributed by atoms with Gasteiger partial charge in [-0.15, -0.1) is 0 Å². The number of Topliss-reactive ketones (excluding diaryl/α,β-unsaturated/α-hetero) is 2. The Balaban J connectivity index is 2.54. The number of rotatable bonds is 2. The summed E-state index contributed by atoms with van der Waals surface area (Å²) in [5.41, 5.74) is 0.820. The number of hydrogen-bond donors (Lipinski definition) is 1. The molecule has 1 aliphatic rings. The first-order valence-electron chi connectivity index (χ1n) is 5.38. The van der Waals surface area contributed by atoms with E-state index in [1.54, 1.807) is 36.4 Å². The van der Waals surface area contributed by atoms with Gasteiger partial charge in [0.05, 0.1) is 0 Å². The number of ketones is 2. The number of allylic oxidation sites excluding steroid dienone is 4. The van der Waals surface area contributed by atoms with Gasteiger partial charge in [0.15, 0.2) is 11.5 Å². The van der Waals surface area contributed by atoms with E-state index in [0.29, 0.717) is 5.56 Å². The summed E-state index contributed by atoms with van der Waals surface area (Å²) in [5.74, 6) is -1.16. The van der Waals surface area contributed by atoms with Gasteiger partial charge in [-0.2, -0.15) is 0 Å². The van der Waals surface area contributed by atoms with Crippen molar-refractivity contribution in [3.05, 3.63) is 58.9 Å². The molecule has 0 fully saturated rings. The zero-order valence-corrected chi connectivity index (χ0v) is 9.43. The standard InChI is InChI=1S/C14H12O3/c1-2-3-6-11-12(15)9-7-4-5-8-10(9)13(16)14(11)17/h2-5,7-8,17H,6H2,1H3. The zero-order chi connectivity index (χ0) is 12.4. The van der Waals surface area contributed by atoms with Crippen molar-refractivity contribution in [2.24, 2.45) is 0 Å². The molecule has 0 atom stereocenters. The lowest BCUT2D eigenvalue weighted by Crippen LogP contribution is -2.21. The smallest absolute Gasteiger partial charge is 0.228 e. The SMILES string of the molecule is CC=CCC1=C(O)C(=O)c2ccccc2C1=O. The van der Waals surface area contributed by atoms with Crippen molar-refractivity contribution >= 4 is 11.6 Å². The van der Waals surface area contributed by atoms with Gasteiger partial charge in [0.1, 0.15) is 0 Å². The summed E-state index contributed by atoms with van der Waals surface area (Å²) < 4.78 is 0. The average molecular weight is 228 g/mol. The fourth-order valence-corrected chi connectivity index (χ4v) is 1.84. The van der Waals surface area contributed by atoms with Crippen molar-refractivity contribution < 1.29 is 14.7 Å². The fourth-order valence-electron chi connectivity index (χ4n) is 1.84. The van der Waals surface area contributed by atoms with E-state index >= 15 is 0 Å². The van der Waals surface area contributed by atoms with E-state index in [-0.39, 0.29) is 23.3 Å². The summed E-state index contributed by atoms with van der Waals surface area (Å²) in [6.07, 6.45) is 3.80. The highest BCUT2D eigenvalue weighted by Gasteiger charge is 2.30. The Morgan fingerprint density at radius 1 is 1.12 bits per heavy atom. The lowest BCUT2D eigenvalue weighted by Gasteiger charge is -2.16. The van der Waals surface area contributed by atoms with Gasteiger partial charge < -0.3 is 5.11 Å². The molecule has 0 aliphatic heterocycles. The molecule has 0 amide bonds. The van der Waals surface area contributed by atoms with Crippen LogP contribution in [0.1, 0.15) is 34.1 Å². The van der Waals surface area contributed by atoms with E-state index in [1.807, 2.05) is 6.92 Å². The molecule has 1 aliphatic carbocycles. The van der Waals surface area contributed by atoms with Crippen LogP contribution in [0.25, 0.3) is 0 Å².